The van der Waals surface area contributed by atoms with Crippen LogP contribution in [0.3, 0.4) is 0 Å². The maximum Gasteiger partial charge on any atom is 0.303 e. The van der Waals surface area contributed by atoms with Crippen molar-refractivity contribution in [3.63, 3.8) is 0 Å². The van der Waals surface area contributed by atoms with Gasteiger partial charge in [0.2, 0.25) is 0 Å². The molecule has 1 rings (SSSR count). The Hall–Kier alpha value is -1.89. The molecule has 0 aliphatic carbocycles. The topological polar surface area (TPSA) is 101 Å². The van der Waals surface area contributed by atoms with Crippen molar-refractivity contribution in [1.82, 2.24) is 5.32 Å². The van der Waals surface area contributed by atoms with Crippen molar-refractivity contribution in [2.45, 2.75) is 18.2 Å². The van der Waals surface area contributed by atoms with Crippen LogP contribution in [0, 0.1) is 5.92 Å². The van der Waals surface area contributed by atoms with Gasteiger partial charge in [-0.25, -0.2) is 8.42 Å². The number of amides is 1. The number of carbonyl (C=O) groups excluding carboxylic acids is 1. The standard InChI is InChI=1S/C13H17NO5S/c1-9(7-12(15)16)8-14-13(17)10-3-5-11(6-4-10)20(2,18)19/h3-6,9H,7-8H2,1-2H3,(H,14,17)(H,15,16). The summed E-state index contributed by atoms with van der Waals surface area (Å²) in [5.41, 5.74) is 0.333. The first-order valence-corrected chi connectivity index (χ1v) is 7.89. The average Bonchev–Trinajstić information content (AvgIpc) is 2.34. The fourth-order valence-electron chi connectivity index (χ4n) is 1.59. The van der Waals surface area contributed by atoms with Gasteiger partial charge in [0.1, 0.15) is 0 Å². The molecule has 0 saturated heterocycles. The Morgan fingerprint density at radius 3 is 2.25 bits per heavy atom. The van der Waals surface area contributed by atoms with Crippen molar-refractivity contribution in [2.75, 3.05) is 12.8 Å². The summed E-state index contributed by atoms with van der Waals surface area (Å²) in [6.45, 7) is 1.97. The highest BCUT2D eigenvalue weighted by atomic mass is 32.2. The van der Waals surface area contributed by atoms with Crippen LogP contribution in [0.5, 0.6) is 0 Å². The minimum atomic E-state index is -3.28. The molecule has 0 aliphatic rings. The number of hydrogen-bond acceptors (Lipinski definition) is 4. The molecule has 1 atom stereocenters. The molecule has 1 aromatic rings. The molecule has 0 aliphatic heterocycles. The van der Waals surface area contributed by atoms with Gasteiger partial charge in [-0.15, -0.1) is 0 Å². The van der Waals surface area contributed by atoms with Gasteiger partial charge >= 0.3 is 5.97 Å². The number of benzene rings is 1. The van der Waals surface area contributed by atoms with E-state index in [2.05, 4.69) is 5.32 Å². The van der Waals surface area contributed by atoms with Gasteiger partial charge in [0.25, 0.3) is 5.91 Å². The van der Waals surface area contributed by atoms with Gasteiger partial charge in [-0.05, 0) is 30.2 Å². The summed E-state index contributed by atoms with van der Waals surface area (Å²) in [7, 11) is -3.28. The highest BCUT2D eigenvalue weighted by Crippen LogP contribution is 2.10. The van der Waals surface area contributed by atoms with Crippen LogP contribution in [0.15, 0.2) is 29.2 Å². The molecule has 0 fully saturated rings. The zero-order chi connectivity index (χ0) is 15.3. The van der Waals surface area contributed by atoms with Crippen LogP contribution in [-0.2, 0) is 14.6 Å². The molecule has 1 aromatic carbocycles. The normalized spacial score (nSPS) is 12.7. The first-order valence-electron chi connectivity index (χ1n) is 6.00. The van der Waals surface area contributed by atoms with Crippen LogP contribution in [0.4, 0.5) is 0 Å². The number of carboxylic acid groups (broad SMARTS) is 1. The SMILES string of the molecule is CC(CNC(=O)c1ccc(S(C)(=O)=O)cc1)CC(=O)O. The molecule has 20 heavy (non-hydrogen) atoms. The number of aliphatic carboxylic acids is 1. The maximum absolute atomic E-state index is 11.8. The van der Waals surface area contributed by atoms with E-state index in [0.717, 1.165) is 6.26 Å². The molecule has 1 amide bonds. The summed E-state index contributed by atoms with van der Waals surface area (Å²) < 4.78 is 22.6. The lowest BCUT2D eigenvalue weighted by molar-refractivity contribution is -0.137. The second-order valence-electron chi connectivity index (χ2n) is 4.71. The fraction of sp³-hybridized carbons (Fsp3) is 0.385. The Morgan fingerprint density at radius 1 is 1.25 bits per heavy atom. The molecule has 0 spiro atoms. The third-order valence-electron chi connectivity index (χ3n) is 2.68. The Morgan fingerprint density at radius 2 is 1.80 bits per heavy atom. The number of carbonyl (C=O) groups is 2. The van der Waals surface area contributed by atoms with Crippen molar-refractivity contribution in [2.24, 2.45) is 5.92 Å². The van der Waals surface area contributed by atoms with Crippen molar-refractivity contribution < 1.29 is 23.1 Å². The lowest BCUT2D eigenvalue weighted by atomic mass is 10.1. The van der Waals surface area contributed by atoms with Crippen molar-refractivity contribution in [3.8, 4) is 0 Å². The van der Waals surface area contributed by atoms with Gasteiger partial charge in [-0.1, -0.05) is 6.92 Å². The number of sulfone groups is 1. The minimum absolute atomic E-state index is 0.0205. The van der Waals surface area contributed by atoms with Crippen molar-refractivity contribution >= 4 is 21.7 Å². The summed E-state index contributed by atoms with van der Waals surface area (Å²) in [4.78, 5) is 22.4. The number of hydrogen-bond donors (Lipinski definition) is 2. The Balaban J connectivity index is 2.63. The predicted octanol–water partition coefficient (Wildman–Crippen LogP) is 0.931. The van der Waals surface area contributed by atoms with E-state index in [1.807, 2.05) is 0 Å². The Labute approximate surface area is 117 Å². The Kier molecular flexibility index (Phi) is 5.26. The van der Waals surface area contributed by atoms with Crippen LogP contribution in [0.25, 0.3) is 0 Å². The van der Waals surface area contributed by atoms with E-state index in [9.17, 15) is 18.0 Å². The molecular weight excluding hydrogens is 282 g/mol. The summed E-state index contributed by atoms with van der Waals surface area (Å²) in [6.07, 6.45) is 1.07. The number of rotatable bonds is 6. The van der Waals surface area contributed by atoms with E-state index in [-0.39, 0.29) is 29.7 Å². The minimum Gasteiger partial charge on any atom is -0.481 e. The largest absolute Gasteiger partial charge is 0.481 e. The van der Waals surface area contributed by atoms with Gasteiger partial charge in [-0.3, -0.25) is 9.59 Å². The number of nitrogens with one attached hydrogen (secondary N) is 1. The molecule has 7 heteroatoms. The van der Waals surface area contributed by atoms with Crippen LogP contribution < -0.4 is 5.32 Å². The second-order valence-corrected chi connectivity index (χ2v) is 6.73. The lowest BCUT2D eigenvalue weighted by Gasteiger charge is -2.10. The van der Waals surface area contributed by atoms with E-state index < -0.39 is 15.8 Å². The lowest BCUT2D eigenvalue weighted by Crippen LogP contribution is -2.29. The summed E-state index contributed by atoms with van der Waals surface area (Å²) in [6, 6.07) is 5.58. The van der Waals surface area contributed by atoms with Crippen molar-refractivity contribution in [1.29, 1.82) is 0 Å². The zero-order valence-electron chi connectivity index (χ0n) is 11.3. The van der Waals surface area contributed by atoms with Gasteiger partial charge < -0.3 is 10.4 Å². The summed E-state index contributed by atoms with van der Waals surface area (Å²) in [5.74, 6) is -1.45. The molecule has 0 aromatic heterocycles. The van der Waals surface area contributed by atoms with E-state index in [1.54, 1.807) is 6.92 Å². The molecule has 110 valence electrons. The summed E-state index contributed by atoms with van der Waals surface area (Å²) >= 11 is 0. The first kappa shape index (κ1) is 16.2. The highest BCUT2D eigenvalue weighted by molar-refractivity contribution is 7.90. The molecular formula is C13H17NO5S. The molecule has 2 N–H and O–H groups in total. The molecule has 1 unspecified atom stereocenters. The fourth-order valence-corrected chi connectivity index (χ4v) is 2.22. The highest BCUT2D eigenvalue weighted by Gasteiger charge is 2.12. The van der Waals surface area contributed by atoms with E-state index >= 15 is 0 Å². The second kappa shape index (κ2) is 6.51. The van der Waals surface area contributed by atoms with Crippen molar-refractivity contribution in [3.05, 3.63) is 29.8 Å². The third-order valence-corrected chi connectivity index (χ3v) is 3.81. The maximum atomic E-state index is 11.8. The number of carboxylic acids is 1. The molecule has 0 saturated carbocycles. The van der Waals surface area contributed by atoms with E-state index in [0.29, 0.717) is 5.56 Å². The van der Waals surface area contributed by atoms with Gasteiger partial charge in [-0.2, -0.15) is 0 Å². The zero-order valence-corrected chi connectivity index (χ0v) is 12.1. The predicted molar refractivity (Wildman–Crippen MR) is 73.3 cm³/mol. The molecule has 6 nitrogen and oxygen atoms in total. The van der Waals surface area contributed by atoms with Crippen LogP contribution in [0.1, 0.15) is 23.7 Å². The van der Waals surface area contributed by atoms with E-state index in [1.165, 1.54) is 24.3 Å². The van der Waals surface area contributed by atoms with Gasteiger partial charge in [0, 0.05) is 24.8 Å². The van der Waals surface area contributed by atoms with Crippen LogP contribution >= 0.6 is 0 Å². The molecule has 0 bridgehead atoms. The molecule has 0 heterocycles. The monoisotopic (exact) mass is 299 g/mol. The smallest absolute Gasteiger partial charge is 0.303 e. The van der Waals surface area contributed by atoms with Crippen LogP contribution in [-0.4, -0.2) is 38.2 Å². The van der Waals surface area contributed by atoms with Gasteiger partial charge in [0.15, 0.2) is 9.84 Å². The van der Waals surface area contributed by atoms with Gasteiger partial charge in [0.05, 0.1) is 4.90 Å². The van der Waals surface area contributed by atoms with Crippen LogP contribution in [0.2, 0.25) is 0 Å². The quantitative estimate of drug-likeness (QED) is 0.814. The van der Waals surface area contributed by atoms with E-state index in [4.69, 9.17) is 5.11 Å². The molecule has 0 radical (unpaired) electrons. The average molecular weight is 299 g/mol. The Bertz CT molecular complexity index is 592. The summed E-state index contributed by atoms with van der Waals surface area (Å²) in [5, 5.41) is 11.2. The first-order chi connectivity index (χ1) is 9.20. The third kappa shape index (κ3) is 5.00.